The van der Waals surface area contributed by atoms with Crippen LogP contribution in [-0.4, -0.2) is 17.6 Å². The van der Waals surface area contributed by atoms with E-state index in [1.165, 1.54) is 0 Å². The third kappa shape index (κ3) is 1.39. The zero-order chi connectivity index (χ0) is 5.98. The van der Waals surface area contributed by atoms with Gasteiger partial charge in [0.1, 0.15) is 0 Å². The topological polar surface area (TPSA) is 9.23 Å². The van der Waals surface area contributed by atoms with E-state index < -0.39 is 0 Å². The van der Waals surface area contributed by atoms with Gasteiger partial charge >= 0.3 is 0 Å². The molecule has 0 N–H and O–H groups in total. The van der Waals surface area contributed by atoms with Gasteiger partial charge in [0, 0.05) is 11.3 Å². The minimum atomic E-state index is 0.281. The van der Waals surface area contributed by atoms with Crippen LogP contribution in [0.25, 0.3) is 0 Å². The summed E-state index contributed by atoms with van der Waals surface area (Å²) >= 11 is 4.82. The standard InChI is InChI=1S/C6H8OS/c1-2-3-7-5-4-6(5)8/h2,5H,1,3-4H2. The smallest absolute Gasteiger partial charge is 0.0938 e. The Morgan fingerprint density at radius 3 is 3.00 bits per heavy atom. The van der Waals surface area contributed by atoms with Gasteiger partial charge in [0.15, 0.2) is 0 Å². The fourth-order valence-corrected chi connectivity index (χ4v) is 0.679. The Hall–Kier alpha value is -0.210. The molecule has 0 radical (unpaired) electrons. The van der Waals surface area contributed by atoms with Crippen molar-refractivity contribution in [3.63, 3.8) is 0 Å². The lowest BCUT2D eigenvalue weighted by molar-refractivity contribution is 0.163. The van der Waals surface area contributed by atoms with Crippen molar-refractivity contribution in [2.45, 2.75) is 12.5 Å². The third-order valence-electron chi connectivity index (χ3n) is 1.00. The van der Waals surface area contributed by atoms with E-state index in [0.717, 1.165) is 11.3 Å². The van der Waals surface area contributed by atoms with Crippen molar-refractivity contribution in [1.29, 1.82) is 0 Å². The molecule has 0 heterocycles. The first-order chi connectivity index (χ1) is 3.84. The van der Waals surface area contributed by atoms with Crippen LogP contribution in [0.2, 0.25) is 0 Å². The van der Waals surface area contributed by atoms with E-state index in [1.807, 2.05) is 0 Å². The Morgan fingerprint density at radius 2 is 2.62 bits per heavy atom. The van der Waals surface area contributed by atoms with E-state index in [1.54, 1.807) is 6.08 Å². The molecule has 1 fully saturated rings. The average Bonchev–Trinajstić information content (AvgIpc) is 2.42. The summed E-state index contributed by atoms with van der Waals surface area (Å²) in [6.07, 6.45) is 2.99. The first-order valence-corrected chi connectivity index (χ1v) is 3.00. The van der Waals surface area contributed by atoms with E-state index >= 15 is 0 Å². The predicted molar refractivity (Wildman–Crippen MR) is 37.2 cm³/mol. The molecule has 0 spiro atoms. The molecule has 0 aromatic rings. The molecule has 44 valence electrons. The third-order valence-corrected chi connectivity index (χ3v) is 1.43. The van der Waals surface area contributed by atoms with Gasteiger partial charge in [0.05, 0.1) is 12.7 Å². The van der Waals surface area contributed by atoms with E-state index in [0.29, 0.717) is 6.61 Å². The van der Waals surface area contributed by atoms with Crippen LogP contribution in [0.15, 0.2) is 12.7 Å². The lowest BCUT2D eigenvalue weighted by atomic mass is 10.7. The minimum Gasteiger partial charge on any atom is -0.369 e. The summed E-state index contributed by atoms with van der Waals surface area (Å²) in [4.78, 5) is 1.05. The van der Waals surface area contributed by atoms with Crippen molar-refractivity contribution < 1.29 is 4.74 Å². The molecule has 0 aromatic carbocycles. The van der Waals surface area contributed by atoms with Crippen LogP contribution in [0, 0.1) is 0 Å². The maximum Gasteiger partial charge on any atom is 0.0938 e. The second-order valence-corrected chi connectivity index (χ2v) is 2.31. The van der Waals surface area contributed by atoms with E-state index in [-0.39, 0.29) is 6.10 Å². The molecule has 1 unspecified atom stereocenters. The summed E-state index contributed by atoms with van der Waals surface area (Å²) in [5.74, 6) is 0. The van der Waals surface area contributed by atoms with Crippen LogP contribution < -0.4 is 0 Å². The minimum absolute atomic E-state index is 0.281. The molecule has 1 rings (SSSR count). The molecular weight excluding hydrogens is 120 g/mol. The Labute approximate surface area is 54.3 Å². The highest BCUT2D eigenvalue weighted by Crippen LogP contribution is 2.20. The number of hydrogen-bond acceptors (Lipinski definition) is 2. The summed E-state index contributed by atoms with van der Waals surface area (Å²) in [5.41, 5.74) is 0. The molecule has 1 nitrogen and oxygen atoms in total. The average molecular weight is 128 g/mol. The highest BCUT2D eigenvalue weighted by molar-refractivity contribution is 7.81. The maximum atomic E-state index is 5.16. The Bertz CT molecular complexity index is 120. The van der Waals surface area contributed by atoms with Crippen LogP contribution in [-0.2, 0) is 4.74 Å². The molecule has 1 aliphatic carbocycles. The van der Waals surface area contributed by atoms with Crippen LogP contribution in [0.4, 0.5) is 0 Å². The molecule has 8 heavy (non-hydrogen) atoms. The second-order valence-electron chi connectivity index (χ2n) is 1.78. The summed E-state index contributed by atoms with van der Waals surface area (Å²) in [5, 5.41) is 0. The summed E-state index contributed by atoms with van der Waals surface area (Å²) in [6.45, 7) is 4.15. The first-order valence-electron chi connectivity index (χ1n) is 2.60. The van der Waals surface area contributed by atoms with Gasteiger partial charge in [-0.25, -0.2) is 0 Å². The van der Waals surface area contributed by atoms with Gasteiger partial charge in [0.2, 0.25) is 0 Å². The molecular formula is C6H8OS. The quantitative estimate of drug-likeness (QED) is 0.419. The lowest BCUT2D eigenvalue weighted by Crippen LogP contribution is -1.93. The van der Waals surface area contributed by atoms with Gasteiger partial charge in [-0.2, -0.15) is 0 Å². The van der Waals surface area contributed by atoms with E-state index in [9.17, 15) is 0 Å². The molecule has 2 heteroatoms. The first kappa shape index (κ1) is 5.92. The lowest BCUT2D eigenvalue weighted by Gasteiger charge is -1.90. The fraction of sp³-hybridized carbons (Fsp3) is 0.500. The van der Waals surface area contributed by atoms with Gasteiger partial charge in [-0.3, -0.25) is 0 Å². The van der Waals surface area contributed by atoms with Gasteiger partial charge in [-0.05, 0) is 0 Å². The molecule has 1 saturated carbocycles. The second kappa shape index (κ2) is 2.37. The van der Waals surface area contributed by atoms with Crippen molar-refractivity contribution in [3.8, 4) is 0 Å². The van der Waals surface area contributed by atoms with Crippen molar-refractivity contribution >= 4 is 17.1 Å². The monoisotopic (exact) mass is 128 g/mol. The number of thiocarbonyl (C=S) groups is 1. The van der Waals surface area contributed by atoms with Crippen LogP contribution in [0.5, 0.6) is 0 Å². The van der Waals surface area contributed by atoms with E-state index in [2.05, 4.69) is 6.58 Å². The molecule has 1 atom stereocenters. The van der Waals surface area contributed by atoms with Gasteiger partial charge in [0.25, 0.3) is 0 Å². The van der Waals surface area contributed by atoms with Crippen LogP contribution in [0.1, 0.15) is 6.42 Å². The van der Waals surface area contributed by atoms with Crippen molar-refractivity contribution in [2.24, 2.45) is 0 Å². The normalized spacial score (nSPS) is 25.5. The largest absolute Gasteiger partial charge is 0.369 e. The highest BCUT2D eigenvalue weighted by atomic mass is 32.1. The van der Waals surface area contributed by atoms with Gasteiger partial charge < -0.3 is 4.74 Å². The Kier molecular flexibility index (Phi) is 1.76. The number of hydrogen-bond donors (Lipinski definition) is 0. The SMILES string of the molecule is C=CCOC1CC1=S. The summed E-state index contributed by atoms with van der Waals surface area (Å²) in [7, 11) is 0. The number of rotatable bonds is 3. The van der Waals surface area contributed by atoms with E-state index in [4.69, 9.17) is 17.0 Å². The Morgan fingerprint density at radius 1 is 2.00 bits per heavy atom. The molecule has 0 aromatic heterocycles. The molecule has 0 amide bonds. The summed E-state index contributed by atoms with van der Waals surface area (Å²) in [6, 6.07) is 0. The van der Waals surface area contributed by atoms with Crippen LogP contribution in [0.3, 0.4) is 0 Å². The Balaban J connectivity index is 2.05. The fourth-order valence-electron chi connectivity index (χ4n) is 0.460. The maximum absolute atomic E-state index is 5.16. The predicted octanol–water partition coefficient (Wildman–Crippen LogP) is 1.33. The van der Waals surface area contributed by atoms with Crippen LogP contribution >= 0.6 is 12.2 Å². The highest BCUT2D eigenvalue weighted by Gasteiger charge is 2.29. The molecule has 0 saturated heterocycles. The van der Waals surface area contributed by atoms with Crippen molar-refractivity contribution in [2.75, 3.05) is 6.61 Å². The zero-order valence-corrected chi connectivity index (χ0v) is 5.41. The van der Waals surface area contributed by atoms with Crippen molar-refractivity contribution in [3.05, 3.63) is 12.7 Å². The molecule has 0 aliphatic heterocycles. The van der Waals surface area contributed by atoms with Gasteiger partial charge in [-0.1, -0.05) is 18.3 Å². The molecule has 0 bridgehead atoms. The number of ether oxygens (including phenoxy) is 1. The molecule has 1 aliphatic rings. The zero-order valence-electron chi connectivity index (χ0n) is 4.59. The van der Waals surface area contributed by atoms with Crippen molar-refractivity contribution in [1.82, 2.24) is 0 Å². The summed E-state index contributed by atoms with van der Waals surface area (Å²) < 4.78 is 5.16. The van der Waals surface area contributed by atoms with Gasteiger partial charge in [-0.15, -0.1) is 6.58 Å².